The number of Topliss-reactive ketones (excluding diaryl/α,β-unsaturated/α-hetero) is 1. The lowest BCUT2D eigenvalue weighted by Gasteiger charge is -2.19. The molecule has 1 N–H and O–H groups in total. The van der Waals surface area contributed by atoms with E-state index >= 15 is 0 Å². The molecule has 1 aliphatic heterocycles. The molecule has 1 aromatic carbocycles. The number of nitrogens with zero attached hydrogens (tertiary/aromatic N) is 1. The fourth-order valence-corrected chi connectivity index (χ4v) is 6.59. The molecule has 0 bridgehead atoms. The highest BCUT2D eigenvalue weighted by Crippen LogP contribution is 2.18. The highest BCUT2D eigenvalue weighted by molar-refractivity contribution is 7.95. The second-order valence-corrected chi connectivity index (χ2v) is 10.5. The van der Waals surface area contributed by atoms with Gasteiger partial charge in [-0.15, -0.1) is 0 Å². The minimum atomic E-state index is -4.38. The first-order valence-electron chi connectivity index (χ1n) is 8.31. The largest absolute Gasteiger partial charge is 0.301 e. The number of hydrogen-bond acceptors (Lipinski definition) is 8. The number of sulfonamides is 1. The number of hydroxylamine groups is 2. The smallest absolute Gasteiger partial charge is 0.288 e. The summed E-state index contributed by atoms with van der Waals surface area (Å²) in [5.41, 5.74) is 0.489. The zero-order valence-corrected chi connectivity index (χ0v) is 17.0. The van der Waals surface area contributed by atoms with Crippen molar-refractivity contribution >= 4 is 37.5 Å². The SMILES string of the molecule is CON(Cc1ccc(F)cc1)C(=O)CC(=O)C(=O)NS(=O)(=O)C1CCS(=O)(=O)C1. The molecule has 1 heterocycles. The summed E-state index contributed by atoms with van der Waals surface area (Å²) in [6, 6.07) is 5.12. The summed E-state index contributed by atoms with van der Waals surface area (Å²) < 4.78 is 61.4. The van der Waals surface area contributed by atoms with Gasteiger partial charge in [0.2, 0.25) is 15.8 Å². The first kappa shape index (κ1) is 22.9. The van der Waals surface area contributed by atoms with E-state index in [2.05, 4.69) is 0 Å². The standard InChI is InChI=1S/C16H19FN2O8S2/c1-27-19(9-11-2-4-12(17)5-3-11)15(21)8-14(20)16(22)18-29(25,26)13-6-7-28(23,24)10-13/h2-5,13H,6-10H2,1H3,(H,18,22). The van der Waals surface area contributed by atoms with Gasteiger partial charge in [-0.2, -0.15) is 0 Å². The molecule has 2 amide bonds. The molecule has 160 valence electrons. The van der Waals surface area contributed by atoms with Gasteiger partial charge in [0, 0.05) is 0 Å². The molecule has 1 fully saturated rings. The van der Waals surface area contributed by atoms with Crippen LogP contribution in [-0.2, 0) is 45.6 Å². The summed E-state index contributed by atoms with van der Waals surface area (Å²) in [5.74, 6) is -5.24. The number of hydrogen-bond donors (Lipinski definition) is 1. The zero-order chi connectivity index (χ0) is 21.8. The van der Waals surface area contributed by atoms with Crippen molar-refractivity contribution in [3.8, 4) is 0 Å². The summed E-state index contributed by atoms with van der Waals surface area (Å²) in [5, 5.41) is -0.579. The van der Waals surface area contributed by atoms with Gasteiger partial charge < -0.3 is 0 Å². The minimum absolute atomic E-state index is 0.136. The van der Waals surface area contributed by atoms with Gasteiger partial charge in [0.15, 0.2) is 9.84 Å². The molecule has 0 aliphatic carbocycles. The van der Waals surface area contributed by atoms with E-state index in [0.717, 1.165) is 12.2 Å². The third-order valence-electron chi connectivity index (χ3n) is 4.17. The van der Waals surface area contributed by atoms with E-state index in [0.29, 0.717) is 5.56 Å². The van der Waals surface area contributed by atoms with Crippen LogP contribution in [0.15, 0.2) is 24.3 Å². The number of amides is 2. The van der Waals surface area contributed by atoms with Gasteiger partial charge in [0.25, 0.3) is 5.91 Å². The topological polar surface area (TPSA) is 144 Å². The van der Waals surface area contributed by atoms with Crippen molar-refractivity contribution in [2.75, 3.05) is 18.6 Å². The average Bonchev–Trinajstić information content (AvgIpc) is 3.01. The van der Waals surface area contributed by atoms with Crippen LogP contribution in [0.4, 0.5) is 4.39 Å². The summed E-state index contributed by atoms with van der Waals surface area (Å²) in [6.07, 6.45) is -1.16. The Morgan fingerprint density at radius 3 is 2.38 bits per heavy atom. The number of sulfone groups is 1. The van der Waals surface area contributed by atoms with E-state index in [1.807, 2.05) is 0 Å². The maximum Gasteiger partial charge on any atom is 0.301 e. The monoisotopic (exact) mass is 450 g/mol. The Labute approximate surface area is 166 Å². The third-order valence-corrected chi connectivity index (χ3v) is 7.90. The lowest BCUT2D eigenvalue weighted by Crippen LogP contribution is -2.43. The molecule has 2 rings (SSSR count). The Bertz CT molecular complexity index is 1010. The third kappa shape index (κ3) is 6.30. The van der Waals surface area contributed by atoms with Crippen LogP contribution in [0.1, 0.15) is 18.4 Å². The fraction of sp³-hybridized carbons (Fsp3) is 0.438. The van der Waals surface area contributed by atoms with E-state index < -0.39 is 60.7 Å². The normalized spacial score (nSPS) is 18.2. The van der Waals surface area contributed by atoms with Crippen molar-refractivity contribution in [3.05, 3.63) is 35.6 Å². The fourth-order valence-electron chi connectivity index (χ4n) is 2.59. The van der Waals surface area contributed by atoms with Crippen molar-refractivity contribution in [3.63, 3.8) is 0 Å². The summed E-state index contributed by atoms with van der Waals surface area (Å²) >= 11 is 0. The summed E-state index contributed by atoms with van der Waals surface area (Å²) in [7, 11) is -6.75. The molecule has 0 saturated carbocycles. The first-order valence-corrected chi connectivity index (χ1v) is 11.7. The van der Waals surface area contributed by atoms with Crippen LogP contribution >= 0.6 is 0 Å². The highest BCUT2D eigenvalue weighted by atomic mass is 32.2. The Kier molecular flexibility index (Phi) is 7.08. The molecule has 1 aliphatic rings. The van der Waals surface area contributed by atoms with Crippen molar-refractivity contribution in [1.29, 1.82) is 0 Å². The molecule has 0 aromatic heterocycles. The summed E-state index contributed by atoms with van der Waals surface area (Å²) in [6.45, 7) is -0.136. The number of halogens is 1. The molecule has 0 spiro atoms. The first-order chi connectivity index (χ1) is 13.4. The molecule has 13 heteroatoms. The number of ketones is 1. The lowest BCUT2D eigenvalue weighted by molar-refractivity contribution is -0.180. The van der Waals surface area contributed by atoms with Crippen LogP contribution in [0.2, 0.25) is 0 Å². The Morgan fingerprint density at radius 2 is 1.86 bits per heavy atom. The van der Waals surface area contributed by atoms with Gasteiger partial charge in [-0.05, 0) is 24.1 Å². The lowest BCUT2D eigenvalue weighted by atomic mass is 10.2. The van der Waals surface area contributed by atoms with E-state index in [1.165, 1.54) is 29.0 Å². The minimum Gasteiger partial charge on any atom is -0.288 e. The van der Waals surface area contributed by atoms with Gasteiger partial charge in [-0.25, -0.2) is 31.0 Å². The Morgan fingerprint density at radius 1 is 1.24 bits per heavy atom. The van der Waals surface area contributed by atoms with E-state index in [4.69, 9.17) is 4.84 Å². The molecule has 1 unspecified atom stereocenters. The van der Waals surface area contributed by atoms with Crippen LogP contribution in [0.25, 0.3) is 0 Å². The maximum absolute atomic E-state index is 12.9. The molecule has 1 atom stereocenters. The maximum atomic E-state index is 12.9. The van der Waals surface area contributed by atoms with Gasteiger partial charge in [0.05, 0.1) is 36.8 Å². The number of carbonyl (C=O) groups is 3. The average molecular weight is 450 g/mol. The van der Waals surface area contributed by atoms with Crippen LogP contribution in [0.3, 0.4) is 0 Å². The van der Waals surface area contributed by atoms with Crippen molar-refractivity contribution in [2.24, 2.45) is 0 Å². The van der Waals surface area contributed by atoms with Crippen LogP contribution in [-0.4, -0.2) is 63.4 Å². The Hall–Kier alpha value is -2.38. The van der Waals surface area contributed by atoms with E-state index in [-0.39, 0.29) is 18.7 Å². The van der Waals surface area contributed by atoms with Crippen LogP contribution in [0, 0.1) is 5.82 Å². The van der Waals surface area contributed by atoms with Crippen molar-refractivity contribution < 1.29 is 40.4 Å². The number of benzene rings is 1. The molecule has 10 nitrogen and oxygen atoms in total. The van der Waals surface area contributed by atoms with Crippen LogP contribution in [0.5, 0.6) is 0 Å². The predicted octanol–water partition coefficient (Wildman–Crippen LogP) is -0.692. The molecule has 0 radical (unpaired) electrons. The number of rotatable bonds is 8. The van der Waals surface area contributed by atoms with Crippen LogP contribution < -0.4 is 4.72 Å². The Balaban J connectivity index is 1.95. The molecule has 1 aromatic rings. The second-order valence-electron chi connectivity index (χ2n) is 6.34. The van der Waals surface area contributed by atoms with Gasteiger partial charge in [-0.3, -0.25) is 19.2 Å². The molecular formula is C16H19FN2O8S2. The highest BCUT2D eigenvalue weighted by Gasteiger charge is 2.39. The number of carbonyl (C=O) groups excluding carboxylic acids is 3. The second kappa shape index (κ2) is 8.97. The van der Waals surface area contributed by atoms with Gasteiger partial charge in [-0.1, -0.05) is 12.1 Å². The van der Waals surface area contributed by atoms with E-state index in [9.17, 15) is 35.6 Å². The summed E-state index contributed by atoms with van der Waals surface area (Å²) in [4.78, 5) is 40.8. The van der Waals surface area contributed by atoms with E-state index in [1.54, 1.807) is 0 Å². The zero-order valence-electron chi connectivity index (χ0n) is 15.3. The van der Waals surface area contributed by atoms with Gasteiger partial charge >= 0.3 is 5.91 Å². The predicted molar refractivity (Wildman–Crippen MR) is 97.7 cm³/mol. The molecular weight excluding hydrogens is 431 g/mol. The van der Waals surface area contributed by atoms with Gasteiger partial charge in [0.1, 0.15) is 5.82 Å². The quantitative estimate of drug-likeness (QED) is 0.311. The molecule has 1 saturated heterocycles. The van der Waals surface area contributed by atoms with Crippen molar-refractivity contribution in [2.45, 2.75) is 24.6 Å². The number of nitrogens with one attached hydrogen (secondary N) is 1. The molecule has 29 heavy (non-hydrogen) atoms. The van der Waals surface area contributed by atoms with Crippen molar-refractivity contribution in [1.82, 2.24) is 9.79 Å².